The van der Waals surface area contributed by atoms with Crippen molar-refractivity contribution in [1.82, 2.24) is 0 Å². The highest BCUT2D eigenvalue weighted by molar-refractivity contribution is 7.99. The van der Waals surface area contributed by atoms with Crippen LogP contribution in [0.3, 0.4) is 0 Å². The number of hydrogen-bond acceptors (Lipinski definition) is 4. The van der Waals surface area contributed by atoms with E-state index in [1.165, 1.54) is 0 Å². The van der Waals surface area contributed by atoms with Gasteiger partial charge in [-0.1, -0.05) is 13.8 Å². The lowest BCUT2D eigenvalue weighted by Crippen LogP contribution is -2.39. The second kappa shape index (κ2) is 8.00. The predicted octanol–water partition coefficient (Wildman–Crippen LogP) is 3.19. The van der Waals surface area contributed by atoms with Gasteiger partial charge in [-0.3, -0.25) is 0 Å². The average Bonchev–Trinajstić information content (AvgIpc) is 2.27. The van der Waals surface area contributed by atoms with Crippen molar-refractivity contribution >= 4 is 17.9 Å². The van der Waals surface area contributed by atoms with E-state index in [2.05, 4.69) is 27.7 Å². The molecule has 112 valence electrons. The van der Waals surface area contributed by atoms with E-state index in [1.54, 1.807) is 0 Å². The molecule has 1 amide bonds. The zero-order valence-electron chi connectivity index (χ0n) is 12.4. The lowest BCUT2D eigenvalue weighted by Gasteiger charge is -2.36. The first kappa shape index (κ1) is 16.6. The zero-order chi connectivity index (χ0) is 14.4. The highest BCUT2D eigenvalue weighted by Crippen LogP contribution is 2.32. The minimum absolute atomic E-state index is 0.0456. The molecule has 0 aromatic rings. The smallest absolute Gasteiger partial charge is 0.404 e. The van der Waals surface area contributed by atoms with Crippen molar-refractivity contribution in [3.8, 4) is 0 Å². The topological polar surface area (TPSA) is 61.6 Å². The normalized spacial score (nSPS) is 27.8. The van der Waals surface area contributed by atoms with E-state index in [-0.39, 0.29) is 18.3 Å². The molecule has 0 heterocycles. The maximum atomic E-state index is 11.0. The van der Waals surface area contributed by atoms with Crippen molar-refractivity contribution in [3.05, 3.63) is 0 Å². The molecule has 1 aliphatic rings. The lowest BCUT2D eigenvalue weighted by molar-refractivity contribution is -0.0546. The van der Waals surface area contributed by atoms with E-state index in [1.807, 2.05) is 11.8 Å². The average molecular weight is 289 g/mol. The third-order valence-corrected chi connectivity index (χ3v) is 4.53. The Balaban J connectivity index is 2.54. The summed E-state index contributed by atoms with van der Waals surface area (Å²) in [4.78, 5) is 11.0. The van der Waals surface area contributed by atoms with Gasteiger partial charge in [0.15, 0.2) is 0 Å². The van der Waals surface area contributed by atoms with Crippen LogP contribution < -0.4 is 5.73 Å². The van der Waals surface area contributed by atoms with Gasteiger partial charge in [-0.25, -0.2) is 4.79 Å². The molecular weight excluding hydrogens is 262 g/mol. The van der Waals surface area contributed by atoms with Crippen molar-refractivity contribution in [2.75, 3.05) is 5.75 Å². The quantitative estimate of drug-likeness (QED) is 0.815. The molecule has 4 nitrogen and oxygen atoms in total. The van der Waals surface area contributed by atoms with Gasteiger partial charge < -0.3 is 15.2 Å². The van der Waals surface area contributed by atoms with Gasteiger partial charge in [-0.2, -0.15) is 11.8 Å². The largest absolute Gasteiger partial charge is 0.446 e. The van der Waals surface area contributed by atoms with E-state index >= 15 is 0 Å². The summed E-state index contributed by atoms with van der Waals surface area (Å²) in [6.07, 6.45) is 2.57. The van der Waals surface area contributed by atoms with E-state index in [4.69, 9.17) is 15.2 Å². The summed E-state index contributed by atoms with van der Waals surface area (Å²) in [7, 11) is 0. The van der Waals surface area contributed by atoms with Crippen LogP contribution in [0.25, 0.3) is 0 Å². The van der Waals surface area contributed by atoms with Gasteiger partial charge >= 0.3 is 6.09 Å². The third kappa shape index (κ3) is 6.52. The summed E-state index contributed by atoms with van der Waals surface area (Å²) in [6.45, 7) is 8.48. The van der Waals surface area contributed by atoms with Crippen molar-refractivity contribution in [2.45, 2.75) is 70.5 Å². The fourth-order valence-corrected chi connectivity index (χ4v) is 3.48. The lowest BCUT2D eigenvalue weighted by atomic mass is 9.85. The Hall–Kier alpha value is -0.420. The molecule has 2 N–H and O–H groups in total. The molecule has 1 rings (SSSR count). The molecule has 1 aliphatic carbocycles. The molecule has 19 heavy (non-hydrogen) atoms. The Morgan fingerprint density at radius 1 is 1.32 bits per heavy atom. The molecule has 0 aliphatic heterocycles. The Morgan fingerprint density at radius 2 is 2.00 bits per heavy atom. The molecule has 0 aromatic heterocycles. The Kier molecular flexibility index (Phi) is 7.00. The number of primary amides is 1. The molecule has 3 atom stereocenters. The van der Waals surface area contributed by atoms with E-state index in [0.717, 1.165) is 25.0 Å². The summed E-state index contributed by atoms with van der Waals surface area (Å²) in [6, 6.07) is 0. The van der Waals surface area contributed by atoms with Crippen molar-refractivity contribution < 1.29 is 14.3 Å². The van der Waals surface area contributed by atoms with Crippen LogP contribution in [0, 0.1) is 5.92 Å². The van der Waals surface area contributed by atoms with E-state index in [0.29, 0.717) is 11.2 Å². The molecular formula is C14H27NO3S. The minimum atomic E-state index is -0.659. The second-order valence-electron chi connectivity index (χ2n) is 5.74. The van der Waals surface area contributed by atoms with Crippen molar-refractivity contribution in [2.24, 2.45) is 11.7 Å². The molecule has 0 aromatic carbocycles. The Morgan fingerprint density at radius 3 is 2.53 bits per heavy atom. The minimum Gasteiger partial charge on any atom is -0.446 e. The van der Waals surface area contributed by atoms with E-state index < -0.39 is 6.09 Å². The van der Waals surface area contributed by atoms with E-state index in [9.17, 15) is 4.79 Å². The maximum Gasteiger partial charge on any atom is 0.404 e. The van der Waals surface area contributed by atoms with Crippen LogP contribution in [-0.2, 0) is 9.47 Å². The number of thioether (sulfide) groups is 1. The standard InChI is InChI=1S/C14H27NO3S/c1-9(2)17-12-5-6-13(18-14(15)16)11(7-12)8-19-10(3)4/h9-13H,5-8H2,1-4H3,(H2,15,16)/t11-,12?,13-/m0/s1. The first-order valence-electron chi connectivity index (χ1n) is 7.11. The van der Waals surface area contributed by atoms with Crippen LogP contribution in [0.15, 0.2) is 0 Å². The molecule has 0 radical (unpaired) electrons. The van der Waals surface area contributed by atoms with Gasteiger partial charge in [-0.05, 0) is 44.1 Å². The Bertz CT molecular complexity index is 284. The number of rotatable bonds is 6. The number of carbonyl (C=O) groups excluding carboxylic acids is 1. The molecule has 1 unspecified atom stereocenters. The third-order valence-electron chi connectivity index (χ3n) is 3.24. The number of amides is 1. The Labute approximate surface area is 120 Å². The number of carbonyl (C=O) groups is 1. The van der Waals surface area contributed by atoms with Crippen LogP contribution in [0.1, 0.15) is 47.0 Å². The molecule has 1 fully saturated rings. The summed E-state index contributed by atoms with van der Waals surface area (Å²) >= 11 is 1.90. The van der Waals surface area contributed by atoms with Gasteiger partial charge in [0.1, 0.15) is 6.10 Å². The first-order chi connectivity index (χ1) is 8.88. The van der Waals surface area contributed by atoms with Crippen LogP contribution in [0.5, 0.6) is 0 Å². The van der Waals surface area contributed by atoms with Gasteiger partial charge in [0.2, 0.25) is 0 Å². The fourth-order valence-electron chi connectivity index (χ4n) is 2.50. The van der Waals surface area contributed by atoms with Crippen LogP contribution in [-0.4, -0.2) is 35.4 Å². The first-order valence-corrected chi connectivity index (χ1v) is 8.16. The highest BCUT2D eigenvalue weighted by Gasteiger charge is 2.33. The second-order valence-corrected chi connectivity index (χ2v) is 7.35. The number of hydrogen-bond donors (Lipinski definition) is 1. The fraction of sp³-hybridized carbons (Fsp3) is 0.929. The summed E-state index contributed by atoms with van der Waals surface area (Å²) in [5, 5.41) is 0.584. The molecule has 1 saturated carbocycles. The molecule has 0 bridgehead atoms. The predicted molar refractivity (Wildman–Crippen MR) is 79.4 cm³/mol. The van der Waals surface area contributed by atoms with Crippen LogP contribution in [0.2, 0.25) is 0 Å². The van der Waals surface area contributed by atoms with Gasteiger partial charge in [0.25, 0.3) is 0 Å². The zero-order valence-corrected chi connectivity index (χ0v) is 13.2. The summed E-state index contributed by atoms with van der Waals surface area (Å²) < 4.78 is 11.2. The van der Waals surface area contributed by atoms with Crippen molar-refractivity contribution in [1.29, 1.82) is 0 Å². The monoisotopic (exact) mass is 289 g/mol. The van der Waals surface area contributed by atoms with Crippen molar-refractivity contribution in [3.63, 3.8) is 0 Å². The number of ether oxygens (including phenoxy) is 2. The number of nitrogens with two attached hydrogens (primary N) is 1. The molecule has 5 heteroatoms. The highest BCUT2D eigenvalue weighted by atomic mass is 32.2. The van der Waals surface area contributed by atoms with Gasteiger partial charge in [-0.15, -0.1) is 0 Å². The summed E-state index contributed by atoms with van der Waals surface area (Å²) in [5.74, 6) is 1.34. The maximum absolute atomic E-state index is 11.0. The molecule has 0 saturated heterocycles. The van der Waals surface area contributed by atoms with Gasteiger partial charge in [0.05, 0.1) is 12.2 Å². The van der Waals surface area contributed by atoms with Gasteiger partial charge in [0, 0.05) is 5.92 Å². The van der Waals surface area contributed by atoms with Crippen LogP contribution in [0.4, 0.5) is 4.79 Å². The molecule has 0 spiro atoms. The SMILES string of the molecule is CC(C)OC1CC[C@H](OC(N)=O)[C@H](CSC(C)C)C1. The summed E-state index contributed by atoms with van der Waals surface area (Å²) in [5.41, 5.74) is 5.16. The van der Waals surface area contributed by atoms with Crippen LogP contribution >= 0.6 is 11.8 Å².